The fraction of sp³-hybridized carbons (Fsp3) is 0.520. The number of benzene rings is 1. The third-order valence-corrected chi connectivity index (χ3v) is 8.34. The third kappa shape index (κ3) is 7.67. The van der Waals surface area contributed by atoms with Crippen molar-refractivity contribution in [2.75, 3.05) is 30.6 Å². The van der Waals surface area contributed by atoms with Crippen LogP contribution in [0.4, 0.5) is 11.8 Å². The number of hydrogen-bond acceptors (Lipinski definition) is 12. The Labute approximate surface area is 241 Å². The van der Waals surface area contributed by atoms with Crippen LogP contribution >= 0.6 is 8.53 Å². The Kier molecular flexibility index (Phi) is 9.63. The molecule has 5 unspecified atom stereocenters. The highest BCUT2D eigenvalue weighted by Gasteiger charge is 2.36. The lowest BCUT2D eigenvalue weighted by atomic mass is 9.96. The van der Waals surface area contributed by atoms with Crippen LogP contribution in [0.3, 0.4) is 0 Å². The first-order valence-electron chi connectivity index (χ1n) is 13.4. The van der Waals surface area contributed by atoms with Crippen LogP contribution < -0.4 is 25.6 Å². The van der Waals surface area contributed by atoms with Gasteiger partial charge in [-0.1, -0.05) is 24.6 Å². The molecule has 2 aliphatic rings. The molecule has 5 atom stereocenters. The molecule has 14 nitrogen and oxygen atoms in total. The van der Waals surface area contributed by atoms with Gasteiger partial charge in [-0.3, -0.25) is 14.8 Å². The maximum atomic E-state index is 12.3. The quantitative estimate of drug-likeness (QED) is 0.127. The zero-order valence-electron chi connectivity index (χ0n) is 23.1. The van der Waals surface area contributed by atoms with Gasteiger partial charge in [-0.2, -0.15) is 14.8 Å². The summed E-state index contributed by atoms with van der Waals surface area (Å²) >= 11 is 0. The smallest absolute Gasteiger partial charge is 0.320 e. The van der Waals surface area contributed by atoms with Gasteiger partial charge in [0.05, 0.1) is 19.0 Å². The van der Waals surface area contributed by atoms with Gasteiger partial charge in [0, 0.05) is 12.2 Å². The van der Waals surface area contributed by atoms with Crippen molar-refractivity contribution in [2.24, 2.45) is 5.92 Å². The van der Waals surface area contributed by atoms with E-state index in [1.807, 2.05) is 35.8 Å². The number of nitrogen functional groups attached to an aromatic ring is 1. The van der Waals surface area contributed by atoms with Crippen LogP contribution in [-0.2, 0) is 29.8 Å². The lowest BCUT2D eigenvalue weighted by Gasteiger charge is -2.26. The molecular weight excluding hydrogens is 571 g/mol. The molecule has 0 amide bonds. The standard InChI is InChI=1S/C25H35N8O6PS/c1-15-7-9-18(10-8-15)39-40(28-12-20(34)37-17-5-4-6-17)36-13-19-11-16(2)24(38-19)33-14-27-21-22(31-32-41(3)35)29-25(26)30-23(21)33/h7-10,14,16-17,19,24,28,32H,4-6,11-13H2,1-3H3,(H3,26,29,30,31). The number of nitrogens with zero attached hydrogens (tertiary/aromatic N) is 4. The number of imidazole rings is 1. The second kappa shape index (κ2) is 13.4. The topological polar surface area (TPSA) is 177 Å². The average Bonchev–Trinajstić information content (AvgIpc) is 3.50. The zero-order valence-corrected chi connectivity index (χ0v) is 24.8. The highest BCUT2D eigenvalue weighted by Crippen LogP contribution is 2.40. The Morgan fingerprint density at radius 2 is 2.05 bits per heavy atom. The molecule has 41 heavy (non-hydrogen) atoms. The average molecular weight is 607 g/mol. The molecular formula is C25H35N8O6PS. The molecule has 1 aromatic carbocycles. The van der Waals surface area contributed by atoms with Crippen LogP contribution in [0.5, 0.6) is 5.75 Å². The van der Waals surface area contributed by atoms with Crippen molar-refractivity contribution in [3.05, 3.63) is 36.2 Å². The van der Waals surface area contributed by atoms with E-state index < -0.39 is 19.5 Å². The number of aryl methyl sites for hydroxylation is 1. The summed E-state index contributed by atoms with van der Waals surface area (Å²) in [7, 11) is -2.98. The first-order valence-corrected chi connectivity index (χ1v) is 16.1. The highest BCUT2D eigenvalue weighted by atomic mass is 32.2. The Hall–Kier alpha value is -2.94. The van der Waals surface area contributed by atoms with Crippen LogP contribution in [-0.4, -0.2) is 61.3 Å². The van der Waals surface area contributed by atoms with Crippen molar-refractivity contribution >= 4 is 48.4 Å². The number of esters is 1. The number of anilines is 2. The summed E-state index contributed by atoms with van der Waals surface area (Å²) in [5.41, 5.74) is 10.8. The minimum Gasteiger partial charge on any atom is -0.461 e. The van der Waals surface area contributed by atoms with Gasteiger partial charge < -0.3 is 24.3 Å². The maximum absolute atomic E-state index is 12.3. The molecule has 2 aromatic heterocycles. The number of hydrogen-bond donors (Lipinski definition) is 4. The molecule has 1 aliphatic heterocycles. The number of rotatable bonds is 13. The molecule has 0 bridgehead atoms. The van der Waals surface area contributed by atoms with Gasteiger partial charge in [0.1, 0.15) is 35.6 Å². The summed E-state index contributed by atoms with van der Waals surface area (Å²) in [6.45, 7) is 4.30. The van der Waals surface area contributed by atoms with E-state index in [1.54, 1.807) is 6.33 Å². The van der Waals surface area contributed by atoms with Crippen molar-refractivity contribution in [2.45, 2.75) is 58.0 Å². The van der Waals surface area contributed by atoms with E-state index in [-0.39, 0.29) is 49.4 Å². The van der Waals surface area contributed by atoms with E-state index in [1.165, 1.54) is 6.26 Å². The third-order valence-electron chi connectivity index (χ3n) is 6.77. The van der Waals surface area contributed by atoms with Crippen LogP contribution in [0.1, 0.15) is 44.4 Å². The van der Waals surface area contributed by atoms with E-state index in [2.05, 4.69) is 37.2 Å². The van der Waals surface area contributed by atoms with Crippen molar-refractivity contribution in [1.29, 1.82) is 0 Å². The van der Waals surface area contributed by atoms with Crippen LogP contribution in [0.15, 0.2) is 30.6 Å². The number of carbonyl (C=O) groups is 1. The Morgan fingerprint density at radius 1 is 1.27 bits per heavy atom. The van der Waals surface area contributed by atoms with Gasteiger partial charge in [0.15, 0.2) is 17.0 Å². The van der Waals surface area contributed by atoms with E-state index in [0.29, 0.717) is 29.2 Å². The number of nitrogens with two attached hydrogens (primary N) is 1. The normalized spacial score (nSPS) is 22.3. The second-order valence-corrected chi connectivity index (χ2v) is 12.5. The minimum atomic E-state index is -1.65. The molecule has 3 heterocycles. The van der Waals surface area contributed by atoms with Gasteiger partial charge in [0.2, 0.25) is 5.95 Å². The molecule has 0 spiro atoms. The SMILES string of the molecule is Cc1ccc(OP(NCC(=O)OC2CCC2)OCC2CC(C)C(n3cnc4c(NNS(C)=O)nc(N)nc43)O2)cc1. The Balaban J connectivity index is 1.23. The molecule has 0 radical (unpaired) electrons. The summed E-state index contributed by atoms with van der Waals surface area (Å²) in [5, 5.41) is 3.08. The molecule has 2 fully saturated rings. The number of ether oxygens (including phenoxy) is 2. The van der Waals surface area contributed by atoms with E-state index in [9.17, 15) is 9.00 Å². The molecule has 5 N–H and O–H groups in total. The zero-order chi connectivity index (χ0) is 28.9. The predicted octanol–water partition coefficient (Wildman–Crippen LogP) is 2.86. The van der Waals surface area contributed by atoms with Gasteiger partial charge in [-0.25, -0.2) is 14.3 Å². The summed E-state index contributed by atoms with van der Waals surface area (Å²) in [4.78, 5) is 27.8. The largest absolute Gasteiger partial charge is 0.461 e. The van der Waals surface area contributed by atoms with Gasteiger partial charge >= 0.3 is 14.5 Å². The molecule has 1 saturated carbocycles. The summed E-state index contributed by atoms with van der Waals surface area (Å²) in [6.07, 6.45) is 6.12. The molecule has 5 rings (SSSR count). The molecule has 16 heteroatoms. The van der Waals surface area contributed by atoms with E-state index in [0.717, 1.165) is 24.8 Å². The first-order chi connectivity index (χ1) is 19.7. The van der Waals surface area contributed by atoms with Gasteiger partial charge in [0.25, 0.3) is 0 Å². The first kappa shape index (κ1) is 29.5. The van der Waals surface area contributed by atoms with E-state index >= 15 is 0 Å². The molecule has 3 aromatic rings. The number of carbonyl (C=O) groups excluding carboxylic acids is 1. The fourth-order valence-electron chi connectivity index (χ4n) is 4.49. The monoisotopic (exact) mass is 606 g/mol. The number of hydrazine groups is 1. The Bertz CT molecular complexity index is 1370. The number of aromatic nitrogens is 4. The van der Waals surface area contributed by atoms with Crippen molar-refractivity contribution in [3.8, 4) is 5.75 Å². The lowest BCUT2D eigenvalue weighted by molar-refractivity contribution is -0.151. The van der Waals surface area contributed by atoms with Crippen LogP contribution in [0.2, 0.25) is 0 Å². The Morgan fingerprint density at radius 3 is 2.76 bits per heavy atom. The van der Waals surface area contributed by atoms with Crippen LogP contribution in [0, 0.1) is 12.8 Å². The summed E-state index contributed by atoms with van der Waals surface area (Å²) < 4.78 is 37.3. The van der Waals surface area contributed by atoms with Crippen molar-refractivity contribution in [1.82, 2.24) is 29.4 Å². The highest BCUT2D eigenvalue weighted by molar-refractivity contribution is 7.82. The lowest BCUT2D eigenvalue weighted by Crippen LogP contribution is -2.31. The van der Waals surface area contributed by atoms with Crippen LogP contribution in [0.25, 0.3) is 11.2 Å². The van der Waals surface area contributed by atoms with Gasteiger partial charge in [-0.05, 0) is 44.7 Å². The molecule has 222 valence electrons. The number of fused-ring (bicyclic) bond motifs is 1. The minimum absolute atomic E-state index is 0.0124. The second-order valence-electron chi connectivity index (χ2n) is 10.1. The van der Waals surface area contributed by atoms with Gasteiger partial charge in [-0.15, -0.1) is 0 Å². The molecule has 1 saturated heterocycles. The molecule has 1 aliphatic carbocycles. The van der Waals surface area contributed by atoms with Crippen molar-refractivity contribution in [3.63, 3.8) is 0 Å². The summed E-state index contributed by atoms with van der Waals surface area (Å²) in [5.74, 6) is 0.758. The fourth-order valence-corrected chi connectivity index (χ4v) is 5.81. The van der Waals surface area contributed by atoms with Crippen molar-refractivity contribution < 1.29 is 27.5 Å². The maximum Gasteiger partial charge on any atom is 0.320 e. The predicted molar refractivity (Wildman–Crippen MR) is 155 cm³/mol. The summed E-state index contributed by atoms with van der Waals surface area (Å²) in [6, 6.07) is 7.62. The number of nitrogens with one attached hydrogen (secondary N) is 3. The van der Waals surface area contributed by atoms with E-state index in [4.69, 9.17) is 24.3 Å².